The molecule has 1 amide bonds. The Kier molecular flexibility index (Phi) is 5.12. The molecule has 20 heavy (non-hydrogen) atoms. The Morgan fingerprint density at radius 3 is 2.85 bits per heavy atom. The van der Waals surface area contributed by atoms with E-state index >= 15 is 0 Å². The van der Waals surface area contributed by atoms with Gasteiger partial charge >= 0.3 is 5.97 Å². The van der Waals surface area contributed by atoms with Gasteiger partial charge in [-0.3, -0.25) is 9.59 Å². The van der Waals surface area contributed by atoms with Gasteiger partial charge in [0, 0.05) is 13.1 Å². The molecule has 0 saturated heterocycles. The van der Waals surface area contributed by atoms with Crippen molar-refractivity contribution in [3.8, 4) is 0 Å². The quantitative estimate of drug-likeness (QED) is 0.780. The van der Waals surface area contributed by atoms with E-state index in [0.29, 0.717) is 26.1 Å². The fourth-order valence-corrected chi connectivity index (χ4v) is 2.28. The number of rotatable bonds is 5. The number of carbonyl (C=O) groups excluding carboxylic acids is 2. The predicted octanol–water partition coefficient (Wildman–Crippen LogP) is 0.770. The van der Waals surface area contributed by atoms with Crippen molar-refractivity contribution in [3.05, 3.63) is 35.4 Å². The lowest BCUT2D eigenvalue weighted by Crippen LogP contribution is -2.48. The van der Waals surface area contributed by atoms with Gasteiger partial charge in [-0.15, -0.1) is 0 Å². The van der Waals surface area contributed by atoms with Crippen LogP contribution in [-0.2, 0) is 27.3 Å². The van der Waals surface area contributed by atoms with Crippen LogP contribution in [0.15, 0.2) is 24.3 Å². The molecule has 0 radical (unpaired) electrons. The fourth-order valence-electron chi connectivity index (χ4n) is 2.28. The summed E-state index contributed by atoms with van der Waals surface area (Å²) >= 11 is 0. The number of carbonyl (C=O) groups is 2. The average molecular weight is 276 g/mol. The number of amides is 1. The minimum absolute atomic E-state index is 0.0659. The maximum Gasteiger partial charge on any atom is 0.307 e. The molecule has 2 rings (SSSR count). The Labute approximate surface area is 118 Å². The number of benzene rings is 1. The molecule has 2 N–H and O–H groups in total. The summed E-state index contributed by atoms with van der Waals surface area (Å²) in [5.41, 5.74) is 2.44. The Hall–Kier alpha value is -1.88. The smallest absolute Gasteiger partial charge is 0.307 e. The Bertz CT molecular complexity index is 488. The van der Waals surface area contributed by atoms with Gasteiger partial charge in [-0.2, -0.15) is 0 Å². The van der Waals surface area contributed by atoms with Gasteiger partial charge in [0.25, 0.3) is 0 Å². The molecule has 1 aliphatic rings. The molecule has 5 heteroatoms. The molecular formula is C15H20N2O3. The molecule has 0 spiro atoms. The average Bonchev–Trinajstić information content (AvgIpc) is 2.47. The predicted molar refractivity (Wildman–Crippen MR) is 75.0 cm³/mol. The molecule has 0 fully saturated rings. The van der Waals surface area contributed by atoms with Crippen LogP contribution < -0.4 is 10.6 Å². The molecule has 0 unspecified atom stereocenters. The maximum absolute atomic E-state index is 12.0. The Balaban J connectivity index is 1.78. The van der Waals surface area contributed by atoms with E-state index < -0.39 is 0 Å². The summed E-state index contributed by atoms with van der Waals surface area (Å²) < 4.78 is 4.81. The van der Waals surface area contributed by atoms with Crippen molar-refractivity contribution < 1.29 is 14.3 Å². The monoisotopic (exact) mass is 276 g/mol. The van der Waals surface area contributed by atoms with Gasteiger partial charge < -0.3 is 15.4 Å². The van der Waals surface area contributed by atoms with Gasteiger partial charge in [-0.05, 0) is 24.5 Å². The molecule has 1 aromatic rings. The second kappa shape index (κ2) is 7.05. The zero-order valence-corrected chi connectivity index (χ0v) is 11.6. The van der Waals surface area contributed by atoms with E-state index in [4.69, 9.17) is 4.74 Å². The van der Waals surface area contributed by atoms with Crippen LogP contribution in [0.5, 0.6) is 0 Å². The van der Waals surface area contributed by atoms with E-state index in [1.807, 2.05) is 12.1 Å². The van der Waals surface area contributed by atoms with E-state index in [1.165, 1.54) is 11.1 Å². The van der Waals surface area contributed by atoms with Crippen LogP contribution in [0, 0.1) is 0 Å². The lowest BCUT2D eigenvalue weighted by atomic mass is 9.95. The SMILES string of the molecule is CCOC(=O)CCNC(=O)[C@@H]1Cc2ccccc2CN1. The molecular weight excluding hydrogens is 256 g/mol. The third kappa shape index (κ3) is 3.81. The summed E-state index contributed by atoms with van der Waals surface area (Å²) in [6, 6.07) is 7.87. The molecule has 5 nitrogen and oxygen atoms in total. The van der Waals surface area contributed by atoms with Crippen LogP contribution in [0.4, 0.5) is 0 Å². The van der Waals surface area contributed by atoms with E-state index in [2.05, 4.69) is 22.8 Å². The summed E-state index contributed by atoms with van der Waals surface area (Å²) in [4.78, 5) is 23.2. The number of fused-ring (bicyclic) bond motifs is 1. The first-order chi connectivity index (χ1) is 9.70. The molecule has 0 saturated carbocycles. The van der Waals surface area contributed by atoms with E-state index in [9.17, 15) is 9.59 Å². The van der Waals surface area contributed by atoms with Crippen molar-refractivity contribution in [1.82, 2.24) is 10.6 Å². The largest absolute Gasteiger partial charge is 0.466 e. The van der Waals surface area contributed by atoms with Crippen molar-refractivity contribution >= 4 is 11.9 Å². The van der Waals surface area contributed by atoms with Gasteiger partial charge in [0.15, 0.2) is 0 Å². The second-order valence-corrected chi connectivity index (χ2v) is 4.75. The van der Waals surface area contributed by atoms with Crippen molar-refractivity contribution in [2.45, 2.75) is 32.4 Å². The number of esters is 1. The standard InChI is InChI=1S/C15H20N2O3/c1-2-20-14(18)7-8-16-15(19)13-9-11-5-3-4-6-12(11)10-17-13/h3-6,13,17H,2,7-10H2,1H3,(H,16,19)/t13-/m0/s1. The molecule has 0 bridgehead atoms. The molecule has 1 aromatic carbocycles. The van der Waals surface area contributed by atoms with Crippen LogP contribution in [0.3, 0.4) is 0 Å². The second-order valence-electron chi connectivity index (χ2n) is 4.75. The number of hydrogen-bond acceptors (Lipinski definition) is 4. The van der Waals surface area contributed by atoms with Crippen LogP contribution in [-0.4, -0.2) is 31.1 Å². The third-order valence-electron chi connectivity index (χ3n) is 3.33. The molecule has 108 valence electrons. The Morgan fingerprint density at radius 1 is 1.35 bits per heavy atom. The highest BCUT2D eigenvalue weighted by Crippen LogP contribution is 2.16. The highest BCUT2D eigenvalue weighted by molar-refractivity contribution is 5.83. The molecule has 0 aliphatic carbocycles. The number of nitrogens with one attached hydrogen (secondary N) is 2. The number of ether oxygens (including phenoxy) is 1. The van der Waals surface area contributed by atoms with Crippen molar-refractivity contribution in [1.29, 1.82) is 0 Å². The van der Waals surface area contributed by atoms with Gasteiger partial charge in [-0.1, -0.05) is 24.3 Å². The topological polar surface area (TPSA) is 67.4 Å². The lowest BCUT2D eigenvalue weighted by molar-refractivity contribution is -0.143. The van der Waals surface area contributed by atoms with Crippen LogP contribution in [0.1, 0.15) is 24.5 Å². The first-order valence-corrected chi connectivity index (χ1v) is 6.94. The zero-order valence-electron chi connectivity index (χ0n) is 11.6. The van der Waals surface area contributed by atoms with Gasteiger partial charge in [0.05, 0.1) is 19.1 Å². The molecule has 0 aromatic heterocycles. The van der Waals surface area contributed by atoms with Crippen molar-refractivity contribution in [2.75, 3.05) is 13.2 Å². The zero-order chi connectivity index (χ0) is 14.4. The van der Waals surface area contributed by atoms with Gasteiger partial charge in [-0.25, -0.2) is 0 Å². The van der Waals surface area contributed by atoms with E-state index in [1.54, 1.807) is 6.92 Å². The normalized spacial score (nSPS) is 17.1. The minimum Gasteiger partial charge on any atom is -0.466 e. The molecule has 1 heterocycles. The third-order valence-corrected chi connectivity index (χ3v) is 3.33. The molecule has 1 atom stereocenters. The summed E-state index contributed by atoms with van der Waals surface area (Å²) in [6.45, 7) is 3.15. The minimum atomic E-state index is -0.283. The van der Waals surface area contributed by atoms with Gasteiger partial charge in [0.1, 0.15) is 0 Å². The van der Waals surface area contributed by atoms with Gasteiger partial charge in [0.2, 0.25) is 5.91 Å². The summed E-state index contributed by atoms with van der Waals surface area (Å²) in [7, 11) is 0. The highest BCUT2D eigenvalue weighted by Gasteiger charge is 2.23. The summed E-state index contributed by atoms with van der Waals surface area (Å²) in [5.74, 6) is -0.349. The van der Waals surface area contributed by atoms with E-state index in [-0.39, 0.29) is 24.3 Å². The van der Waals surface area contributed by atoms with Crippen LogP contribution in [0.25, 0.3) is 0 Å². The first-order valence-electron chi connectivity index (χ1n) is 6.94. The summed E-state index contributed by atoms with van der Waals surface area (Å²) in [6.07, 6.45) is 0.893. The summed E-state index contributed by atoms with van der Waals surface area (Å²) in [5, 5.41) is 5.98. The lowest BCUT2D eigenvalue weighted by Gasteiger charge is -2.25. The van der Waals surface area contributed by atoms with Crippen molar-refractivity contribution in [3.63, 3.8) is 0 Å². The van der Waals surface area contributed by atoms with E-state index in [0.717, 1.165) is 0 Å². The van der Waals surface area contributed by atoms with Crippen LogP contribution in [0.2, 0.25) is 0 Å². The highest BCUT2D eigenvalue weighted by atomic mass is 16.5. The Morgan fingerprint density at radius 2 is 2.10 bits per heavy atom. The molecule has 1 aliphatic heterocycles. The van der Waals surface area contributed by atoms with Crippen LogP contribution >= 0.6 is 0 Å². The first kappa shape index (κ1) is 14.5. The van der Waals surface area contributed by atoms with Crippen molar-refractivity contribution in [2.24, 2.45) is 0 Å². The maximum atomic E-state index is 12.0. The number of hydrogen-bond donors (Lipinski definition) is 2. The fraction of sp³-hybridized carbons (Fsp3) is 0.467.